The molecule has 0 aliphatic carbocycles. The van der Waals surface area contributed by atoms with Gasteiger partial charge in [0.25, 0.3) is 0 Å². The van der Waals surface area contributed by atoms with Crippen molar-refractivity contribution in [1.29, 1.82) is 0 Å². The van der Waals surface area contributed by atoms with Crippen LogP contribution in [0.15, 0.2) is 0 Å². The molecule has 0 aromatic carbocycles. The van der Waals surface area contributed by atoms with Gasteiger partial charge in [-0.25, -0.2) is 0 Å². The van der Waals surface area contributed by atoms with Gasteiger partial charge >= 0.3 is 0 Å². The summed E-state index contributed by atoms with van der Waals surface area (Å²) < 4.78 is 0. The Labute approximate surface area is 68.6 Å². The van der Waals surface area contributed by atoms with E-state index in [0.717, 1.165) is 24.6 Å². The summed E-state index contributed by atoms with van der Waals surface area (Å²) in [4.78, 5) is 2.05. The highest BCUT2D eigenvalue weighted by Gasteiger charge is 1.98. The van der Waals surface area contributed by atoms with Crippen molar-refractivity contribution in [2.45, 2.75) is 20.3 Å². The predicted molar refractivity (Wildman–Crippen MR) is 49.2 cm³/mol. The Hall–Kier alpha value is -0.310. The number of rotatable bonds is 3. The maximum Gasteiger partial charge on any atom is 0.168 e. The molecule has 2 nitrogen and oxygen atoms in total. The quantitative estimate of drug-likeness (QED) is 0.625. The fraction of sp³-hybridized carbons (Fsp3) is 0.857. The highest BCUT2D eigenvalue weighted by atomic mass is 32.1. The smallest absolute Gasteiger partial charge is 0.168 e. The van der Waals surface area contributed by atoms with Crippen molar-refractivity contribution in [2.24, 2.45) is 0 Å². The van der Waals surface area contributed by atoms with Gasteiger partial charge in [-0.05, 0) is 25.6 Å². The van der Waals surface area contributed by atoms with Gasteiger partial charge in [0.1, 0.15) is 0 Å². The summed E-state index contributed by atoms with van der Waals surface area (Å²) in [5, 5.41) is 3.94. The van der Waals surface area contributed by atoms with E-state index in [1.54, 1.807) is 0 Å². The molecule has 0 radical (unpaired) electrons. The van der Waals surface area contributed by atoms with Crippen LogP contribution in [0.3, 0.4) is 0 Å². The molecule has 0 saturated heterocycles. The van der Waals surface area contributed by atoms with Crippen LogP contribution >= 0.6 is 12.2 Å². The first kappa shape index (κ1) is 9.69. The summed E-state index contributed by atoms with van der Waals surface area (Å²) in [6.45, 7) is 6.13. The molecular formula is C7H16N2S. The highest BCUT2D eigenvalue weighted by molar-refractivity contribution is 7.80. The van der Waals surface area contributed by atoms with Gasteiger partial charge in [-0.15, -0.1) is 0 Å². The fourth-order valence-electron chi connectivity index (χ4n) is 0.723. The number of hydrogen-bond donors (Lipinski definition) is 1. The van der Waals surface area contributed by atoms with Crippen LogP contribution in [0.1, 0.15) is 20.3 Å². The summed E-state index contributed by atoms with van der Waals surface area (Å²) in [6.07, 6.45) is 1.14. The van der Waals surface area contributed by atoms with E-state index in [1.165, 1.54) is 0 Å². The summed E-state index contributed by atoms with van der Waals surface area (Å²) >= 11 is 5.06. The van der Waals surface area contributed by atoms with Crippen molar-refractivity contribution < 1.29 is 0 Å². The van der Waals surface area contributed by atoms with Crippen molar-refractivity contribution in [3.8, 4) is 0 Å². The zero-order chi connectivity index (χ0) is 7.98. The number of hydrogen-bond acceptors (Lipinski definition) is 1. The average molecular weight is 160 g/mol. The lowest BCUT2D eigenvalue weighted by Gasteiger charge is -2.19. The summed E-state index contributed by atoms with van der Waals surface area (Å²) in [5.74, 6) is 0. The lowest BCUT2D eigenvalue weighted by atomic mass is 10.4. The van der Waals surface area contributed by atoms with E-state index in [-0.39, 0.29) is 0 Å². The van der Waals surface area contributed by atoms with Gasteiger partial charge < -0.3 is 10.2 Å². The Kier molecular flexibility index (Phi) is 5.30. The van der Waals surface area contributed by atoms with Gasteiger partial charge in [-0.2, -0.15) is 0 Å². The van der Waals surface area contributed by atoms with Crippen LogP contribution in [0.25, 0.3) is 0 Å². The topological polar surface area (TPSA) is 15.3 Å². The van der Waals surface area contributed by atoms with Crippen LogP contribution in [0.5, 0.6) is 0 Å². The Balaban J connectivity index is 3.49. The molecule has 0 rings (SSSR count). The third-order valence-electron chi connectivity index (χ3n) is 1.23. The molecule has 3 heteroatoms. The Morgan fingerprint density at radius 1 is 1.50 bits per heavy atom. The van der Waals surface area contributed by atoms with E-state index >= 15 is 0 Å². The van der Waals surface area contributed by atoms with Crippen LogP contribution in [0.4, 0.5) is 0 Å². The zero-order valence-electron chi connectivity index (χ0n) is 6.98. The Bertz CT molecular complexity index is 104. The second kappa shape index (κ2) is 5.47. The SMILES string of the molecule is CCCN(C)C(=S)NCC. The van der Waals surface area contributed by atoms with Crippen LogP contribution < -0.4 is 5.32 Å². The minimum absolute atomic E-state index is 0.851. The maximum atomic E-state index is 5.06. The normalized spacial score (nSPS) is 9.10. The molecular weight excluding hydrogens is 144 g/mol. The van der Waals surface area contributed by atoms with Crippen molar-refractivity contribution in [2.75, 3.05) is 20.1 Å². The second-order valence-corrected chi connectivity index (χ2v) is 2.64. The fourth-order valence-corrected chi connectivity index (χ4v) is 0.959. The largest absolute Gasteiger partial charge is 0.363 e. The van der Waals surface area contributed by atoms with Gasteiger partial charge in [-0.1, -0.05) is 6.92 Å². The summed E-state index contributed by atoms with van der Waals surface area (Å²) in [5.41, 5.74) is 0. The molecule has 0 spiro atoms. The minimum atomic E-state index is 0.851. The molecule has 0 aliphatic heterocycles. The number of nitrogens with zero attached hydrogens (tertiary/aromatic N) is 1. The van der Waals surface area contributed by atoms with E-state index in [0.29, 0.717) is 0 Å². The molecule has 0 aromatic rings. The van der Waals surface area contributed by atoms with Gasteiger partial charge in [0.15, 0.2) is 5.11 Å². The number of thiocarbonyl (C=S) groups is 1. The second-order valence-electron chi connectivity index (χ2n) is 2.26. The first-order valence-electron chi connectivity index (χ1n) is 3.71. The third-order valence-corrected chi connectivity index (χ3v) is 1.69. The molecule has 0 atom stereocenters. The third kappa shape index (κ3) is 3.67. The summed E-state index contributed by atoms with van der Waals surface area (Å²) in [7, 11) is 2.01. The van der Waals surface area contributed by atoms with Crippen LogP contribution in [0.2, 0.25) is 0 Å². The molecule has 0 fully saturated rings. The van der Waals surface area contributed by atoms with E-state index < -0.39 is 0 Å². The molecule has 0 heterocycles. The molecule has 0 aliphatic rings. The maximum absolute atomic E-state index is 5.06. The zero-order valence-corrected chi connectivity index (χ0v) is 7.79. The molecule has 0 saturated carbocycles. The van der Waals surface area contributed by atoms with Crippen molar-refractivity contribution in [3.63, 3.8) is 0 Å². The lowest BCUT2D eigenvalue weighted by Crippen LogP contribution is -2.37. The summed E-state index contributed by atoms with van der Waals surface area (Å²) in [6, 6.07) is 0. The van der Waals surface area contributed by atoms with Crippen LogP contribution in [-0.2, 0) is 0 Å². The van der Waals surface area contributed by atoms with E-state index in [2.05, 4.69) is 17.1 Å². The average Bonchev–Trinajstić information content (AvgIpc) is 1.89. The molecule has 0 unspecified atom stereocenters. The van der Waals surface area contributed by atoms with Gasteiger partial charge in [0.2, 0.25) is 0 Å². The minimum Gasteiger partial charge on any atom is -0.363 e. The van der Waals surface area contributed by atoms with Crippen molar-refractivity contribution in [3.05, 3.63) is 0 Å². The Morgan fingerprint density at radius 2 is 2.10 bits per heavy atom. The van der Waals surface area contributed by atoms with Crippen molar-refractivity contribution >= 4 is 17.3 Å². The van der Waals surface area contributed by atoms with Gasteiger partial charge in [0.05, 0.1) is 0 Å². The van der Waals surface area contributed by atoms with E-state index in [4.69, 9.17) is 12.2 Å². The van der Waals surface area contributed by atoms with Gasteiger partial charge in [-0.3, -0.25) is 0 Å². The molecule has 0 bridgehead atoms. The van der Waals surface area contributed by atoms with Gasteiger partial charge in [0, 0.05) is 20.1 Å². The highest BCUT2D eigenvalue weighted by Crippen LogP contribution is 1.86. The van der Waals surface area contributed by atoms with E-state index in [9.17, 15) is 0 Å². The lowest BCUT2D eigenvalue weighted by molar-refractivity contribution is 0.492. The Morgan fingerprint density at radius 3 is 2.50 bits per heavy atom. The van der Waals surface area contributed by atoms with Crippen LogP contribution in [-0.4, -0.2) is 30.1 Å². The molecule has 0 aromatic heterocycles. The standard InChI is InChI=1S/C7H16N2S/c1-4-6-9(3)7(10)8-5-2/h4-6H2,1-3H3,(H,8,10). The van der Waals surface area contributed by atoms with Crippen molar-refractivity contribution in [1.82, 2.24) is 10.2 Å². The number of nitrogens with one attached hydrogen (secondary N) is 1. The van der Waals surface area contributed by atoms with E-state index in [1.807, 2.05) is 14.0 Å². The van der Waals surface area contributed by atoms with Crippen LogP contribution in [0, 0.1) is 0 Å². The monoisotopic (exact) mass is 160 g/mol. The molecule has 60 valence electrons. The first-order chi connectivity index (χ1) is 4.72. The predicted octanol–water partition coefficient (Wildman–Crippen LogP) is 1.22. The molecule has 1 N–H and O–H groups in total. The first-order valence-corrected chi connectivity index (χ1v) is 4.12. The molecule has 0 amide bonds. The molecule has 10 heavy (non-hydrogen) atoms.